The molecular weight excluding hydrogens is 468 g/mol. The first-order chi connectivity index (χ1) is 17.7. The van der Waals surface area contributed by atoms with Crippen LogP contribution >= 0.6 is 11.8 Å². The van der Waals surface area contributed by atoms with E-state index in [4.69, 9.17) is 4.74 Å². The highest BCUT2D eigenvalue weighted by Gasteiger charge is 2.24. The predicted octanol–water partition coefficient (Wildman–Crippen LogP) is 6.86. The molecule has 0 aliphatic heterocycles. The van der Waals surface area contributed by atoms with Gasteiger partial charge in [0, 0.05) is 11.6 Å². The second kappa shape index (κ2) is 11.4. The molecule has 1 heterocycles. The summed E-state index contributed by atoms with van der Waals surface area (Å²) in [7, 11) is 1.60. The third kappa shape index (κ3) is 5.46. The van der Waals surface area contributed by atoms with E-state index in [1.165, 1.54) is 42.2 Å². The van der Waals surface area contributed by atoms with Gasteiger partial charge < -0.3 is 10.1 Å². The molecule has 1 aromatic heterocycles. The molecule has 184 valence electrons. The molecule has 0 unspecified atom stereocenters. The smallest absolute Gasteiger partial charge is 0.234 e. The lowest BCUT2D eigenvalue weighted by Gasteiger charge is -2.25. The molecule has 1 amide bonds. The number of nitrogens with one attached hydrogen (secondary N) is 1. The van der Waals surface area contributed by atoms with E-state index < -0.39 is 0 Å². The van der Waals surface area contributed by atoms with Gasteiger partial charge in [-0.2, -0.15) is 0 Å². The summed E-state index contributed by atoms with van der Waals surface area (Å²) in [6, 6.07) is 26.6. The molecule has 1 saturated carbocycles. The van der Waals surface area contributed by atoms with Crippen LogP contribution in [0.2, 0.25) is 0 Å². The Morgan fingerprint density at radius 2 is 1.56 bits per heavy atom. The van der Waals surface area contributed by atoms with Gasteiger partial charge in [0.15, 0.2) is 11.0 Å². The summed E-state index contributed by atoms with van der Waals surface area (Å²) in [6.07, 6.45) is 5.88. The molecule has 0 atom stereocenters. The van der Waals surface area contributed by atoms with Crippen molar-refractivity contribution in [2.45, 2.75) is 43.3 Å². The van der Waals surface area contributed by atoms with Gasteiger partial charge in [0.1, 0.15) is 5.75 Å². The third-order valence-corrected chi connectivity index (χ3v) is 7.51. The first-order valence-corrected chi connectivity index (χ1v) is 13.4. The van der Waals surface area contributed by atoms with Gasteiger partial charge in [0.25, 0.3) is 0 Å². The lowest BCUT2D eigenvalue weighted by Crippen LogP contribution is -2.17. The zero-order valence-corrected chi connectivity index (χ0v) is 21.2. The molecular formula is C29H30N4O2S. The van der Waals surface area contributed by atoms with Crippen LogP contribution in [0.1, 0.15) is 38.1 Å². The maximum Gasteiger partial charge on any atom is 0.234 e. The van der Waals surface area contributed by atoms with Crippen LogP contribution in [0.3, 0.4) is 0 Å². The topological polar surface area (TPSA) is 69.0 Å². The van der Waals surface area contributed by atoms with E-state index in [9.17, 15) is 4.79 Å². The van der Waals surface area contributed by atoms with Gasteiger partial charge in [0.2, 0.25) is 5.91 Å². The average molecular weight is 499 g/mol. The summed E-state index contributed by atoms with van der Waals surface area (Å²) in [5, 5.41) is 12.9. The Hall–Kier alpha value is -3.58. The van der Waals surface area contributed by atoms with Gasteiger partial charge in [-0.05, 0) is 36.1 Å². The van der Waals surface area contributed by atoms with Crippen LogP contribution in [0.5, 0.6) is 5.75 Å². The molecule has 1 fully saturated rings. The fourth-order valence-corrected chi connectivity index (χ4v) is 5.55. The van der Waals surface area contributed by atoms with Crippen molar-refractivity contribution < 1.29 is 9.53 Å². The SMILES string of the molecule is COc1ccccc1NC(=O)CSc1nnc(-c2ccc(-c3ccccc3)cc2)n1C1CCCCC1. The van der Waals surface area contributed by atoms with E-state index in [0.29, 0.717) is 17.5 Å². The minimum atomic E-state index is -0.101. The number of benzene rings is 3. The molecule has 0 saturated heterocycles. The Morgan fingerprint density at radius 3 is 2.31 bits per heavy atom. The molecule has 3 aromatic carbocycles. The first-order valence-electron chi connectivity index (χ1n) is 12.4. The molecule has 1 N–H and O–H groups in total. The van der Waals surface area contributed by atoms with E-state index in [1.54, 1.807) is 7.11 Å². The summed E-state index contributed by atoms with van der Waals surface area (Å²) in [5.41, 5.74) is 4.07. The van der Waals surface area contributed by atoms with Crippen LogP contribution < -0.4 is 10.1 Å². The van der Waals surface area contributed by atoms with Crippen molar-refractivity contribution in [2.75, 3.05) is 18.2 Å². The zero-order chi connectivity index (χ0) is 24.7. The van der Waals surface area contributed by atoms with Crippen LogP contribution in [0.4, 0.5) is 5.69 Å². The fraction of sp³-hybridized carbons (Fsp3) is 0.276. The maximum absolute atomic E-state index is 12.7. The largest absolute Gasteiger partial charge is 0.495 e. The standard InChI is InChI=1S/C29H30N4O2S/c1-35-26-15-9-8-14-25(26)30-27(34)20-36-29-32-31-28(33(29)24-12-6-3-7-13-24)23-18-16-22(17-19-23)21-10-4-2-5-11-21/h2,4-5,8-11,14-19,24H,3,6-7,12-13,20H2,1H3,(H,30,34). The molecule has 7 heteroatoms. The summed E-state index contributed by atoms with van der Waals surface area (Å²) in [6.45, 7) is 0. The minimum absolute atomic E-state index is 0.101. The molecule has 0 radical (unpaired) electrons. The fourth-order valence-electron chi connectivity index (χ4n) is 4.75. The predicted molar refractivity (Wildman–Crippen MR) is 145 cm³/mol. The minimum Gasteiger partial charge on any atom is -0.495 e. The second-order valence-corrected chi connectivity index (χ2v) is 9.89. The quantitative estimate of drug-likeness (QED) is 0.269. The van der Waals surface area contributed by atoms with E-state index >= 15 is 0 Å². The van der Waals surface area contributed by atoms with Crippen LogP contribution in [0, 0.1) is 0 Å². The van der Waals surface area contributed by atoms with E-state index in [0.717, 1.165) is 29.4 Å². The number of amides is 1. The van der Waals surface area contributed by atoms with E-state index in [-0.39, 0.29) is 11.7 Å². The number of anilines is 1. The number of hydrogen-bond donors (Lipinski definition) is 1. The number of carbonyl (C=O) groups excluding carboxylic acids is 1. The van der Waals surface area contributed by atoms with Crippen molar-refractivity contribution in [1.82, 2.24) is 14.8 Å². The molecule has 0 bridgehead atoms. The summed E-state index contributed by atoms with van der Waals surface area (Å²) < 4.78 is 7.61. The van der Waals surface area contributed by atoms with Crippen LogP contribution in [-0.2, 0) is 4.79 Å². The summed E-state index contributed by atoms with van der Waals surface area (Å²) in [4.78, 5) is 12.7. The van der Waals surface area contributed by atoms with Crippen molar-refractivity contribution in [3.8, 4) is 28.3 Å². The Labute approximate surface area is 216 Å². The monoisotopic (exact) mass is 498 g/mol. The van der Waals surface area contributed by atoms with Crippen LogP contribution in [0.15, 0.2) is 84.0 Å². The van der Waals surface area contributed by atoms with Gasteiger partial charge in [-0.3, -0.25) is 9.36 Å². The second-order valence-electron chi connectivity index (χ2n) is 8.95. The van der Waals surface area contributed by atoms with Crippen LogP contribution in [0.25, 0.3) is 22.5 Å². The van der Waals surface area contributed by atoms with Crippen LogP contribution in [-0.4, -0.2) is 33.5 Å². The first kappa shape index (κ1) is 24.1. The molecule has 1 aliphatic rings. The number of para-hydroxylation sites is 2. The Balaban J connectivity index is 1.37. The van der Waals surface area contributed by atoms with Crippen molar-refractivity contribution >= 4 is 23.4 Å². The highest BCUT2D eigenvalue weighted by molar-refractivity contribution is 7.99. The number of thioether (sulfide) groups is 1. The number of aromatic nitrogens is 3. The van der Waals surface area contributed by atoms with Gasteiger partial charge in [-0.25, -0.2) is 0 Å². The number of methoxy groups -OCH3 is 1. The number of ether oxygens (including phenoxy) is 1. The average Bonchev–Trinajstić information content (AvgIpc) is 3.37. The molecule has 36 heavy (non-hydrogen) atoms. The normalized spacial score (nSPS) is 13.9. The number of carbonyl (C=O) groups is 1. The molecule has 6 nitrogen and oxygen atoms in total. The Morgan fingerprint density at radius 1 is 0.889 bits per heavy atom. The Bertz CT molecular complexity index is 1300. The van der Waals surface area contributed by atoms with Gasteiger partial charge in [-0.15, -0.1) is 10.2 Å². The van der Waals surface area contributed by atoms with Gasteiger partial charge in [0.05, 0.1) is 18.6 Å². The number of hydrogen-bond acceptors (Lipinski definition) is 5. The van der Waals surface area contributed by atoms with E-state index in [2.05, 4.69) is 68.6 Å². The number of rotatable bonds is 8. The highest BCUT2D eigenvalue weighted by Crippen LogP contribution is 2.36. The molecule has 1 aliphatic carbocycles. The molecule has 5 rings (SSSR count). The number of nitrogens with zero attached hydrogens (tertiary/aromatic N) is 3. The van der Waals surface area contributed by atoms with Crippen molar-refractivity contribution in [3.05, 3.63) is 78.9 Å². The van der Waals surface area contributed by atoms with Crippen molar-refractivity contribution in [3.63, 3.8) is 0 Å². The van der Waals surface area contributed by atoms with Gasteiger partial charge in [-0.1, -0.05) is 97.8 Å². The van der Waals surface area contributed by atoms with Gasteiger partial charge >= 0.3 is 0 Å². The molecule has 4 aromatic rings. The van der Waals surface area contributed by atoms with E-state index in [1.807, 2.05) is 30.3 Å². The Kier molecular flexibility index (Phi) is 7.67. The summed E-state index contributed by atoms with van der Waals surface area (Å²) in [5.74, 6) is 1.66. The van der Waals surface area contributed by atoms with Crippen molar-refractivity contribution in [1.29, 1.82) is 0 Å². The van der Waals surface area contributed by atoms with Crippen molar-refractivity contribution in [2.24, 2.45) is 0 Å². The maximum atomic E-state index is 12.7. The lowest BCUT2D eigenvalue weighted by atomic mass is 9.95. The third-order valence-electron chi connectivity index (χ3n) is 6.57. The highest BCUT2D eigenvalue weighted by atomic mass is 32.2. The molecule has 0 spiro atoms. The lowest BCUT2D eigenvalue weighted by molar-refractivity contribution is -0.113. The zero-order valence-electron chi connectivity index (χ0n) is 20.4. The summed E-state index contributed by atoms with van der Waals surface area (Å²) >= 11 is 1.43.